The third-order valence-corrected chi connectivity index (χ3v) is 3.27. The fourth-order valence-electron chi connectivity index (χ4n) is 2.05. The van der Waals surface area contributed by atoms with Crippen LogP contribution in [0.5, 0.6) is 0 Å². The number of hydrogen-bond donors (Lipinski definition) is 1. The van der Waals surface area contributed by atoms with Gasteiger partial charge in [-0.15, -0.1) is 0 Å². The number of ether oxygens (including phenoxy) is 1. The van der Waals surface area contributed by atoms with E-state index in [-0.39, 0.29) is 11.3 Å². The number of carbonyl (C=O) groups is 1. The van der Waals surface area contributed by atoms with E-state index < -0.39 is 33.9 Å². The Kier molecular flexibility index (Phi) is 4.54. The summed E-state index contributed by atoms with van der Waals surface area (Å²) in [6.45, 7) is 1.55. The average Bonchev–Trinajstić information content (AvgIpc) is 2.52. The van der Waals surface area contributed by atoms with Crippen LogP contribution in [0.4, 0.5) is 25.8 Å². The number of nitro benzene ring substituents is 1. The summed E-state index contributed by atoms with van der Waals surface area (Å²) in [7, 11) is 1.21. The van der Waals surface area contributed by atoms with Gasteiger partial charge < -0.3 is 10.1 Å². The fourth-order valence-corrected chi connectivity index (χ4v) is 2.05. The number of anilines is 2. The summed E-state index contributed by atoms with van der Waals surface area (Å²) in [6, 6.07) is 6.00. The topological polar surface area (TPSA) is 81.5 Å². The first-order valence-electron chi connectivity index (χ1n) is 6.44. The van der Waals surface area contributed by atoms with Crippen LogP contribution in [0, 0.1) is 28.7 Å². The monoisotopic (exact) mass is 322 g/mol. The number of benzene rings is 2. The van der Waals surface area contributed by atoms with Gasteiger partial charge in [0.2, 0.25) is 0 Å². The molecule has 0 aliphatic rings. The minimum absolute atomic E-state index is 0.206. The van der Waals surface area contributed by atoms with Gasteiger partial charge in [-0.25, -0.2) is 13.6 Å². The van der Waals surface area contributed by atoms with Gasteiger partial charge in [0.15, 0.2) is 17.3 Å². The molecule has 8 heteroatoms. The molecule has 0 radical (unpaired) electrons. The van der Waals surface area contributed by atoms with Crippen molar-refractivity contribution < 1.29 is 23.2 Å². The molecule has 0 fully saturated rings. The van der Waals surface area contributed by atoms with Crippen molar-refractivity contribution in [1.29, 1.82) is 0 Å². The summed E-state index contributed by atoms with van der Waals surface area (Å²) in [6.07, 6.45) is 0. The fraction of sp³-hybridized carbons (Fsp3) is 0.133. The van der Waals surface area contributed by atoms with Gasteiger partial charge in [-0.2, -0.15) is 0 Å². The first-order valence-corrected chi connectivity index (χ1v) is 6.44. The molecule has 0 heterocycles. The molecular weight excluding hydrogens is 310 g/mol. The van der Waals surface area contributed by atoms with E-state index in [0.717, 1.165) is 6.07 Å². The Bertz CT molecular complexity index is 793. The number of nitrogens with one attached hydrogen (secondary N) is 1. The predicted octanol–water partition coefficient (Wildman–Crippen LogP) is 3.71. The lowest BCUT2D eigenvalue weighted by atomic mass is 10.1. The molecule has 120 valence electrons. The van der Waals surface area contributed by atoms with Crippen molar-refractivity contribution in [3.63, 3.8) is 0 Å². The minimum atomic E-state index is -1.37. The van der Waals surface area contributed by atoms with Crippen LogP contribution in [0.1, 0.15) is 15.9 Å². The molecule has 0 spiro atoms. The van der Waals surface area contributed by atoms with E-state index in [1.807, 2.05) is 0 Å². The maximum Gasteiger partial charge on any atom is 0.338 e. The highest BCUT2D eigenvalue weighted by Gasteiger charge is 2.23. The molecular formula is C15H12F2N2O4. The maximum atomic E-state index is 13.9. The van der Waals surface area contributed by atoms with Gasteiger partial charge in [0.25, 0.3) is 5.69 Å². The quantitative estimate of drug-likeness (QED) is 0.527. The van der Waals surface area contributed by atoms with Crippen molar-refractivity contribution in [2.24, 2.45) is 0 Å². The molecule has 23 heavy (non-hydrogen) atoms. The summed E-state index contributed by atoms with van der Waals surface area (Å²) in [4.78, 5) is 21.8. The zero-order valence-corrected chi connectivity index (χ0v) is 12.2. The number of halogens is 2. The van der Waals surface area contributed by atoms with E-state index in [4.69, 9.17) is 0 Å². The number of carbonyl (C=O) groups excluding carboxylic acids is 1. The predicted molar refractivity (Wildman–Crippen MR) is 78.8 cm³/mol. The number of esters is 1. The third kappa shape index (κ3) is 3.10. The number of hydrogen-bond acceptors (Lipinski definition) is 5. The van der Waals surface area contributed by atoms with E-state index >= 15 is 0 Å². The van der Waals surface area contributed by atoms with Crippen LogP contribution >= 0.6 is 0 Å². The first kappa shape index (κ1) is 16.3. The van der Waals surface area contributed by atoms with Crippen molar-refractivity contribution in [3.05, 3.63) is 63.2 Å². The standard InChI is InChI=1S/C15H12F2N2O4/c1-8-9(15(20)23-2)4-3-5-11(8)18-14-12(19(21)22)7-6-10(16)13(14)17/h3-7,18H,1-2H3. The van der Waals surface area contributed by atoms with Gasteiger partial charge >= 0.3 is 5.97 Å². The van der Waals surface area contributed by atoms with E-state index in [2.05, 4.69) is 10.1 Å². The summed E-state index contributed by atoms with van der Waals surface area (Å²) in [5.41, 5.74) is -0.415. The van der Waals surface area contributed by atoms with Crippen molar-refractivity contribution in [2.75, 3.05) is 12.4 Å². The summed E-state index contributed by atoms with van der Waals surface area (Å²) in [5, 5.41) is 13.5. The molecule has 0 aromatic heterocycles. The van der Waals surface area contributed by atoms with Gasteiger partial charge in [-0.1, -0.05) is 6.07 Å². The average molecular weight is 322 g/mol. The number of nitrogens with zero attached hydrogens (tertiary/aromatic N) is 1. The smallest absolute Gasteiger partial charge is 0.338 e. The number of rotatable bonds is 4. The van der Waals surface area contributed by atoms with Crippen LogP contribution in [0.25, 0.3) is 0 Å². The second kappa shape index (κ2) is 6.39. The zero-order valence-electron chi connectivity index (χ0n) is 12.2. The Morgan fingerprint density at radius 2 is 1.96 bits per heavy atom. The highest BCUT2D eigenvalue weighted by molar-refractivity contribution is 5.93. The van der Waals surface area contributed by atoms with Crippen LogP contribution < -0.4 is 5.32 Å². The molecule has 0 unspecified atom stereocenters. The Morgan fingerprint density at radius 1 is 1.26 bits per heavy atom. The largest absolute Gasteiger partial charge is 0.465 e. The first-order chi connectivity index (χ1) is 10.9. The van der Waals surface area contributed by atoms with E-state index in [1.54, 1.807) is 6.92 Å². The molecule has 0 amide bonds. The lowest BCUT2D eigenvalue weighted by Gasteiger charge is -2.13. The Morgan fingerprint density at radius 3 is 2.57 bits per heavy atom. The van der Waals surface area contributed by atoms with Gasteiger partial charge in [0, 0.05) is 11.8 Å². The Labute approximate surface area is 129 Å². The van der Waals surface area contributed by atoms with Crippen LogP contribution in [-0.2, 0) is 4.74 Å². The second-order valence-corrected chi connectivity index (χ2v) is 4.61. The van der Waals surface area contributed by atoms with E-state index in [0.29, 0.717) is 11.6 Å². The lowest BCUT2D eigenvalue weighted by molar-refractivity contribution is -0.384. The minimum Gasteiger partial charge on any atom is -0.465 e. The van der Waals surface area contributed by atoms with Gasteiger partial charge in [0.1, 0.15) is 0 Å². The van der Waals surface area contributed by atoms with Gasteiger partial charge in [-0.3, -0.25) is 10.1 Å². The molecule has 0 aliphatic heterocycles. The summed E-state index contributed by atoms with van der Waals surface area (Å²) >= 11 is 0. The third-order valence-electron chi connectivity index (χ3n) is 3.27. The van der Waals surface area contributed by atoms with Gasteiger partial charge in [0.05, 0.1) is 17.6 Å². The SMILES string of the molecule is COC(=O)c1cccc(Nc2c([N+](=O)[O-])ccc(F)c2F)c1C. The highest BCUT2D eigenvalue weighted by atomic mass is 19.2. The lowest BCUT2D eigenvalue weighted by Crippen LogP contribution is -2.07. The summed E-state index contributed by atoms with van der Waals surface area (Å²) in [5.74, 6) is -3.21. The van der Waals surface area contributed by atoms with Crippen LogP contribution in [0.3, 0.4) is 0 Å². The van der Waals surface area contributed by atoms with Crippen molar-refractivity contribution in [3.8, 4) is 0 Å². The summed E-state index contributed by atoms with van der Waals surface area (Å²) < 4.78 is 31.9. The van der Waals surface area contributed by atoms with E-state index in [9.17, 15) is 23.7 Å². The van der Waals surface area contributed by atoms with E-state index in [1.165, 1.54) is 25.3 Å². The maximum absolute atomic E-state index is 13.9. The normalized spacial score (nSPS) is 10.3. The van der Waals surface area contributed by atoms with Crippen molar-refractivity contribution in [2.45, 2.75) is 6.92 Å². The van der Waals surface area contributed by atoms with Crippen molar-refractivity contribution >= 4 is 23.0 Å². The molecule has 0 atom stereocenters. The van der Waals surface area contributed by atoms with Crippen LogP contribution in [0.15, 0.2) is 30.3 Å². The molecule has 2 aromatic carbocycles. The molecule has 0 saturated heterocycles. The molecule has 2 rings (SSSR count). The second-order valence-electron chi connectivity index (χ2n) is 4.61. The van der Waals surface area contributed by atoms with Crippen LogP contribution in [-0.4, -0.2) is 18.0 Å². The molecule has 2 aromatic rings. The zero-order chi connectivity index (χ0) is 17.1. The number of nitro groups is 1. The Hall–Kier alpha value is -3.03. The molecule has 6 nitrogen and oxygen atoms in total. The Balaban J connectivity index is 2.54. The molecule has 0 bridgehead atoms. The molecule has 0 aliphatic carbocycles. The van der Waals surface area contributed by atoms with Crippen molar-refractivity contribution in [1.82, 2.24) is 0 Å². The van der Waals surface area contributed by atoms with Crippen LogP contribution in [0.2, 0.25) is 0 Å². The molecule has 0 saturated carbocycles. The van der Waals surface area contributed by atoms with Gasteiger partial charge in [-0.05, 0) is 30.7 Å². The highest BCUT2D eigenvalue weighted by Crippen LogP contribution is 2.33. The number of methoxy groups -OCH3 is 1. The molecule has 1 N–H and O–H groups in total.